The maximum atomic E-state index is 12.8. The number of hydrogen-bond donors (Lipinski definition) is 2. The topological polar surface area (TPSA) is 78.7 Å². The van der Waals surface area contributed by atoms with Crippen molar-refractivity contribution in [3.63, 3.8) is 0 Å². The Morgan fingerprint density at radius 3 is 2.65 bits per heavy atom. The Labute approximate surface area is 203 Å². The molecule has 0 bridgehead atoms. The zero-order valence-corrected chi connectivity index (χ0v) is 19.7. The number of carbonyl (C=O) groups excluding carboxylic acids is 1. The van der Waals surface area contributed by atoms with Crippen molar-refractivity contribution in [1.29, 1.82) is 0 Å². The number of carbonyl (C=O) groups is 1. The van der Waals surface area contributed by atoms with Crippen LogP contribution >= 0.6 is 12.6 Å². The lowest BCUT2D eigenvalue weighted by atomic mass is 9.90. The molecule has 5 rings (SSSR count). The molecule has 2 aliphatic rings. The molecule has 0 aliphatic carbocycles. The van der Waals surface area contributed by atoms with Gasteiger partial charge in [-0.15, -0.1) is 12.6 Å². The van der Waals surface area contributed by atoms with E-state index < -0.39 is 0 Å². The van der Waals surface area contributed by atoms with Gasteiger partial charge in [0.2, 0.25) is 5.91 Å². The number of benzene rings is 3. The lowest BCUT2D eigenvalue weighted by Gasteiger charge is -2.41. The minimum atomic E-state index is -0.354. The van der Waals surface area contributed by atoms with Gasteiger partial charge in [-0.3, -0.25) is 14.9 Å². The van der Waals surface area contributed by atoms with E-state index in [4.69, 9.17) is 0 Å². The number of nitro benzene ring substituents is 1. The van der Waals surface area contributed by atoms with E-state index >= 15 is 0 Å². The second-order valence-electron chi connectivity index (χ2n) is 8.85. The van der Waals surface area contributed by atoms with E-state index in [1.54, 1.807) is 12.1 Å². The number of nitro groups is 1. The van der Waals surface area contributed by atoms with Crippen LogP contribution in [0.25, 0.3) is 0 Å². The Balaban J connectivity index is 1.43. The minimum Gasteiger partial charge on any atom is -0.363 e. The number of anilines is 3. The Bertz CT molecular complexity index is 1260. The average Bonchev–Trinajstić information content (AvgIpc) is 2.94. The summed E-state index contributed by atoms with van der Waals surface area (Å²) < 4.78 is 0. The van der Waals surface area contributed by atoms with Gasteiger partial charge in [0, 0.05) is 42.3 Å². The van der Waals surface area contributed by atoms with Crippen molar-refractivity contribution >= 4 is 41.3 Å². The smallest absolute Gasteiger partial charge is 0.271 e. The number of amides is 1. The van der Waals surface area contributed by atoms with E-state index in [1.165, 1.54) is 0 Å². The van der Waals surface area contributed by atoms with Gasteiger partial charge in [-0.2, -0.15) is 0 Å². The summed E-state index contributed by atoms with van der Waals surface area (Å²) in [5.74, 6) is -0.00463. The summed E-state index contributed by atoms with van der Waals surface area (Å²) in [6.45, 7) is 0.742. The summed E-state index contributed by atoms with van der Waals surface area (Å²) in [5, 5.41) is 14.7. The Morgan fingerprint density at radius 1 is 1.09 bits per heavy atom. The zero-order chi connectivity index (χ0) is 23.8. The molecule has 174 valence electrons. The third kappa shape index (κ3) is 4.09. The summed E-state index contributed by atoms with van der Waals surface area (Å²) in [6, 6.07) is 21.0. The molecule has 1 saturated heterocycles. The first-order chi connectivity index (χ1) is 16.4. The van der Waals surface area contributed by atoms with E-state index in [9.17, 15) is 14.9 Å². The van der Waals surface area contributed by atoms with Crippen LogP contribution in [-0.2, 0) is 11.2 Å². The van der Waals surface area contributed by atoms with Gasteiger partial charge in [0.15, 0.2) is 0 Å². The molecule has 34 heavy (non-hydrogen) atoms. The number of non-ortho nitro benzene ring substituents is 1. The van der Waals surface area contributed by atoms with E-state index in [-0.39, 0.29) is 28.6 Å². The van der Waals surface area contributed by atoms with E-state index in [2.05, 4.69) is 28.9 Å². The van der Waals surface area contributed by atoms with Gasteiger partial charge >= 0.3 is 0 Å². The van der Waals surface area contributed by atoms with Gasteiger partial charge in [0.05, 0.1) is 28.8 Å². The maximum absolute atomic E-state index is 12.8. The number of nitrogens with zero attached hydrogens (tertiary/aromatic N) is 3. The largest absolute Gasteiger partial charge is 0.363 e. The van der Waals surface area contributed by atoms with E-state index in [0.29, 0.717) is 6.42 Å². The third-order valence-electron chi connectivity index (χ3n) is 6.81. The first-order valence-electron chi connectivity index (χ1n) is 11.4. The maximum Gasteiger partial charge on any atom is 0.271 e. The predicted molar refractivity (Wildman–Crippen MR) is 136 cm³/mol. The number of para-hydroxylation sites is 1. The van der Waals surface area contributed by atoms with Gasteiger partial charge < -0.3 is 15.1 Å². The van der Waals surface area contributed by atoms with Gasteiger partial charge in [-0.25, -0.2) is 0 Å². The van der Waals surface area contributed by atoms with Gasteiger partial charge in [-0.1, -0.05) is 36.4 Å². The number of hydrogen-bond acceptors (Lipinski definition) is 6. The molecule has 0 spiro atoms. The van der Waals surface area contributed by atoms with Gasteiger partial charge in [0.25, 0.3) is 5.69 Å². The van der Waals surface area contributed by atoms with Crippen LogP contribution in [0.4, 0.5) is 22.7 Å². The van der Waals surface area contributed by atoms with Crippen molar-refractivity contribution in [2.45, 2.75) is 36.2 Å². The number of piperidine rings is 1. The normalized spacial score (nSPS) is 18.9. The molecule has 2 atom stereocenters. The molecule has 1 N–H and O–H groups in total. The van der Waals surface area contributed by atoms with Crippen LogP contribution in [0.3, 0.4) is 0 Å². The summed E-state index contributed by atoms with van der Waals surface area (Å²) in [5.41, 5.74) is 4.96. The van der Waals surface area contributed by atoms with Crippen molar-refractivity contribution in [1.82, 2.24) is 5.32 Å². The molecular formula is C26H26N4O3S. The van der Waals surface area contributed by atoms with Crippen molar-refractivity contribution < 1.29 is 9.72 Å². The van der Waals surface area contributed by atoms with E-state index in [0.717, 1.165) is 52.5 Å². The quantitative estimate of drug-likeness (QED) is 0.315. The molecule has 2 heterocycles. The molecule has 7 nitrogen and oxygen atoms in total. The summed E-state index contributed by atoms with van der Waals surface area (Å²) in [4.78, 5) is 29.1. The highest BCUT2D eigenvalue weighted by Crippen LogP contribution is 2.48. The summed E-state index contributed by atoms with van der Waals surface area (Å²) in [6.07, 6.45) is 1.86. The van der Waals surface area contributed by atoms with Crippen molar-refractivity contribution in [2.75, 3.05) is 23.4 Å². The van der Waals surface area contributed by atoms with Crippen LogP contribution in [0, 0.1) is 10.1 Å². The van der Waals surface area contributed by atoms with Crippen LogP contribution in [0.5, 0.6) is 0 Å². The van der Waals surface area contributed by atoms with Crippen molar-refractivity contribution in [3.8, 4) is 0 Å². The predicted octanol–water partition coefficient (Wildman–Crippen LogP) is 5.03. The highest BCUT2D eigenvalue weighted by atomic mass is 32.1. The fourth-order valence-corrected chi connectivity index (χ4v) is 5.37. The standard InChI is InChI=1S/C26H26N4O3S/c1-28-21-8-4-3-7-20(21)23-15-18(27-26(31)14-17-6-2-5-9-25(17)34)12-13-29(23)22-11-10-19(30(32)33)16-24(22)28/h2-11,16,18,23,34H,12-15H2,1H3,(H,27,31)/t18-,23-/m1/s1. The SMILES string of the molecule is CN1c2ccccc2[C@H]2C[C@H](NC(=O)Cc3ccccc3S)CCN2c2ccc([N+](=O)[O-])cc21. The minimum absolute atomic E-state index is 0.00463. The second-order valence-corrected chi connectivity index (χ2v) is 9.33. The average molecular weight is 475 g/mol. The molecule has 3 aromatic carbocycles. The molecule has 0 saturated carbocycles. The van der Waals surface area contributed by atoms with E-state index in [1.807, 2.05) is 60.5 Å². The number of thiol groups is 1. The molecule has 0 aromatic heterocycles. The molecule has 1 amide bonds. The summed E-state index contributed by atoms with van der Waals surface area (Å²) in [7, 11) is 1.95. The molecule has 8 heteroatoms. The van der Waals surface area contributed by atoms with Gasteiger partial charge in [-0.05, 0) is 42.2 Å². The first-order valence-corrected chi connectivity index (χ1v) is 11.8. The third-order valence-corrected chi connectivity index (χ3v) is 7.24. The lowest BCUT2D eigenvalue weighted by molar-refractivity contribution is -0.384. The number of rotatable bonds is 4. The fourth-order valence-electron chi connectivity index (χ4n) is 5.13. The molecular weight excluding hydrogens is 448 g/mol. The van der Waals surface area contributed by atoms with Gasteiger partial charge in [0.1, 0.15) is 0 Å². The Kier molecular flexibility index (Phi) is 5.91. The highest BCUT2D eigenvalue weighted by molar-refractivity contribution is 7.80. The second kappa shape index (κ2) is 9.02. The highest BCUT2D eigenvalue weighted by Gasteiger charge is 2.36. The molecule has 0 unspecified atom stereocenters. The van der Waals surface area contributed by atoms with Crippen LogP contribution in [-0.4, -0.2) is 30.5 Å². The lowest BCUT2D eigenvalue weighted by Crippen LogP contribution is -2.46. The van der Waals surface area contributed by atoms with Crippen molar-refractivity contribution in [2.24, 2.45) is 0 Å². The molecule has 0 radical (unpaired) electrons. The molecule has 2 aliphatic heterocycles. The number of nitrogens with one attached hydrogen (secondary N) is 1. The Morgan fingerprint density at radius 2 is 1.85 bits per heavy atom. The Hall–Kier alpha value is -3.52. The van der Waals surface area contributed by atoms with Crippen LogP contribution < -0.4 is 15.1 Å². The number of fused-ring (bicyclic) bond motifs is 5. The van der Waals surface area contributed by atoms with Crippen LogP contribution in [0.1, 0.15) is 30.0 Å². The van der Waals surface area contributed by atoms with Crippen LogP contribution in [0.2, 0.25) is 0 Å². The molecule has 3 aromatic rings. The van der Waals surface area contributed by atoms with Crippen molar-refractivity contribution in [3.05, 3.63) is 88.0 Å². The first kappa shape index (κ1) is 22.3. The van der Waals surface area contributed by atoms with Crippen LogP contribution in [0.15, 0.2) is 71.6 Å². The summed E-state index contributed by atoms with van der Waals surface area (Å²) >= 11 is 4.46. The molecule has 1 fully saturated rings. The fraction of sp³-hybridized carbons (Fsp3) is 0.269. The monoisotopic (exact) mass is 474 g/mol. The zero-order valence-electron chi connectivity index (χ0n) is 18.8.